The van der Waals surface area contributed by atoms with Crippen molar-refractivity contribution in [2.24, 2.45) is 0 Å². The van der Waals surface area contributed by atoms with E-state index in [2.05, 4.69) is 10.6 Å². The normalized spacial score (nSPS) is 21.2. The lowest BCUT2D eigenvalue weighted by molar-refractivity contribution is -0.136. The number of hydrogen-bond donors (Lipinski definition) is 2. The fourth-order valence-corrected chi connectivity index (χ4v) is 2.89. The van der Waals surface area contributed by atoms with Gasteiger partial charge in [0.1, 0.15) is 17.8 Å². The number of benzene rings is 1. The number of carbonyl (C=O) groups excluding carboxylic acids is 2. The van der Waals surface area contributed by atoms with Crippen LogP contribution in [0.1, 0.15) is 18.4 Å². The Labute approximate surface area is 135 Å². The maximum atomic E-state index is 12.1. The summed E-state index contributed by atoms with van der Waals surface area (Å²) in [6.45, 7) is 0. The number of amides is 2. The molecule has 0 bridgehead atoms. The first-order valence-corrected chi connectivity index (χ1v) is 8.76. The van der Waals surface area contributed by atoms with E-state index in [-0.39, 0.29) is 11.8 Å². The Balaban J connectivity index is 1.85. The molecule has 1 unspecified atom stereocenters. The fourth-order valence-electron chi connectivity index (χ4n) is 2.42. The van der Waals surface area contributed by atoms with Crippen molar-refractivity contribution in [1.82, 2.24) is 10.6 Å². The maximum Gasteiger partial charge on any atom is 0.243 e. The van der Waals surface area contributed by atoms with Crippen LogP contribution in [0.15, 0.2) is 24.3 Å². The van der Waals surface area contributed by atoms with Gasteiger partial charge in [-0.05, 0) is 49.0 Å². The summed E-state index contributed by atoms with van der Waals surface area (Å²) < 4.78 is 5.12. The third kappa shape index (κ3) is 4.40. The highest BCUT2D eigenvalue weighted by molar-refractivity contribution is 7.98. The molecular weight excluding hydrogens is 300 g/mol. The molecule has 0 radical (unpaired) electrons. The van der Waals surface area contributed by atoms with Crippen LogP contribution in [0.3, 0.4) is 0 Å². The Morgan fingerprint density at radius 2 is 1.64 bits per heavy atom. The number of methoxy groups -OCH3 is 1. The Hall–Kier alpha value is -1.69. The molecule has 2 amide bonds. The van der Waals surface area contributed by atoms with E-state index in [0.29, 0.717) is 12.8 Å². The Morgan fingerprint density at radius 3 is 2.18 bits per heavy atom. The van der Waals surface area contributed by atoms with Crippen molar-refractivity contribution in [3.8, 4) is 5.75 Å². The van der Waals surface area contributed by atoms with Gasteiger partial charge in [0.2, 0.25) is 11.8 Å². The van der Waals surface area contributed by atoms with E-state index in [9.17, 15) is 9.59 Å². The zero-order valence-electron chi connectivity index (χ0n) is 12.9. The molecule has 0 aliphatic carbocycles. The first-order chi connectivity index (χ1) is 10.6. The van der Waals surface area contributed by atoms with Crippen molar-refractivity contribution in [3.63, 3.8) is 0 Å². The van der Waals surface area contributed by atoms with Crippen LogP contribution in [-0.4, -0.2) is 43.0 Å². The van der Waals surface area contributed by atoms with E-state index in [1.54, 1.807) is 18.9 Å². The molecule has 1 aromatic carbocycles. The smallest absolute Gasteiger partial charge is 0.243 e. The van der Waals surface area contributed by atoms with Crippen molar-refractivity contribution in [3.05, 3.63) is 29.8 Å². The highest BCUT2D eigenvalue weighted by Gasteiger charge is 2.32. The monoisotopic (exact) mass is 322 g/mol. The summed E-state index contributed by atoms with van der Waals surface area (Å²) in [6, 6.07) is 6.91. The summed E-state index contributed by atoms with van der Waals surface area (Å²) in [4.78, 5) is 24.1. The number of ether oxygens (including phenoxy) is 1. The molecule has 22 heavy (non-hydrogen) atoms. The number of thioether (sulfide) groups is 1. The second kappa shape index (κ2) is 8.08. The minimum Gasteiger partial charge on any atom is -0.497 e. The van der Waals surface area contributed by atoms with Crippen LogP contribution in [0.2, 0.25) is 0 Å². The van der Waals surface area contributed by atoms with E-state index in [4.69, 9.17) is 4.74 Å². The van der Waals surface area contributed by atoms with Gasteiger partial charge in [0, 0.05) is 0 Å². The molecule has 120 valence electrons. The molecule has 5 nitrogen and oxygen atoms in total. The first kappa shape index (κ1) is 16.7. The second-order valence-corrected chi connectivity index (χ2v) is 6.28. The molecule has 0 aromatic heterocycles. The lowest BCUT2D eigenvalue weighted by atomic mass is 10.0. The van der Waals surface area contributed by atoms with Gasteiger partial charge in [-0.25, -0.2) is 0 Å². The largest absolute Gasteiger partial charge is 0.497 e. The Morgan fingerprint density at radius 1 is 1.05 bits per heavy atom. The molecule has 1 aliphatic rings. The van der Waals surface area contributed by atoms with Gasteiger partial charge in [-0.3, -0.25) is 9.59 Å². The fraction of sp³-hybridized carbons (Fsp3) is 0.500. The van der Waals surface area contributed by atoms with Gasteiger partial charge in [-0.15, -0.1) is 0 Å². The van der Waals surface area contributed by atoms with Crippen LogP contribution < -0.4 is 15.4 Å². The molecule has 0 saturated carbocycles. The topological polar surface area (TPSA) is 67.4 Å². The van der Waals surface area contributed by atoms with Crippen molar-refractivity contribution in [2.75, 3.05) is 19.1 Å². The van der Waals surface area contributed by atoms with Crippen molar-refractivity contribution >= 4 is 23.6 Å². The summed E-state index contributed by atoms with van der Waals surface area (Å²) in [5, 5.41) is 5.65. The van der Waals surface area contributed by atoms with Gasteiger partial charge < -0.3 is 15.4 Å². The summed E-state index contributed by atoms with van der Waals surface area (Å²) in [5.74, 6) is 1.51. The zero-order chi connectivity index (χ0) is 15.9. The van der Waals surface area contributed by atoms with Gasteiger partial charge in [0.15, 0.2) is 0 Å². The standard InChI is InChI=1S/C16H22N2O3S/c1-21-12-6-3-11(4-7-12)5-8-13-15(19)18-14(9-10-22-2)16(20)17-13/h3-4,6-7,13-14H,5,8-10H2,1-2H3,(H,17,20)(H,18,19)/t13?,14-/m1/s1. The number of rotatable bonds is 7. The number of piperazine rings is 1. The highest BCUT2D eigenvalue weighted by Crippen LogP contribution is 2.14. The van der Waals surface area contributed by atoms with Crippen molar-refractivity contribution in [1.29, 1.82) is 0 Å². The molecule has 2 rings (SSSR count). The van der Waals surface area contributed by atoms with Crippen LogP contribution in [0.25, 0.3) is 0 Å². The summed E-state index contributed by atoms with van der Waals surface area (Å²) in [5.41, 5.74) is 1.12. The molecule has 1 heterocycles. The minimum atomic E-state index is -0.444. The molecule has 1 aliphatic heterocycles. The van der Waals surface area contributed by atoms with Crippen LogP contribution in [0, 0.1) is 0 Å². The van der Waals surface area contributed by atoms with Gasteiger partial charge in [-0.2, -0.15) is 11.8 Å². The first-order valence-electron chi connectivity index (χ1n) is 7.36. The lowest BCUT2D eigenvalue weighted by Gasteiger charge is -2.29. The second-order valence-electron chi connectivity index (χ2n) is 5.29. The molecular formula is C16H22N2O3S. The molecule has 1 saturated heterocycles. The van der Waals surface area contributed by atoms with Gasteiger partial charge in [0.25, 0.3) is 0 Å². The van der Waals surface area contributed by atoms with E-state index in [1.165, 1.54) is 0 Å². The summed E-state index contributed by atoms with van der Waals surface area (Å²) >= 11 is 1.67. The van der Waals surface area contributed by atoms with Gasteiger partial charge in [-0.1, -0.05) is 12.1 Å². The minimum absolute atomic E-state index is 0.0756. The molecule has 2 N–H and O–H groups in total. The molecule has 6 heteroatoms. The zero-order valence-corrected chi connectivity index (χ0v) is 13.7. The molecule has 1 aromatic rings. The number of nitrogens with one attached hydrogen (secondary N) is 2. The van der Waals surface area contributed by atoms with Gasteiger partial charge >= 0.3 is 0 Å². The average Bonchev–Trinajstić information content (AvgIpc) is 2.54. The molecule has 0 spiro atoms. The molecule has 2 atom stereocenters. The SMILES string of the molecule is COc1ccc(CCC2NC(=O)[C@@H](CCSC)NC2=O)cc1. The predicted molar refractivity (Wildman–Crippen MR) is 88.2 cm³/mol. The van der Waals surface area contributed by atoms with E-state index < -0.39 is 12.1 Å². The van der Waals surface area contributed by atoms with Gasteiger partial charge in [0.05, 0.1) is 7.11 Å². The summed E-state index contributed by atoms with van der Waals surface area (Å²) in [7, 11) is 1.63. The van der Waals surface area contributed by atoms with Crippen LogP contribution in [-0.2, 0) is 16.0 Å². The number of hydrogen-bond acceptors (Lipinski definition) is 4. The van der Waals surface area contributed by atoms with E-state index >= 15 is 0 Å². The van der Waals surface area contributed by atoms with Crippen LogP contribution in [0.5, 0.6) is 5.75 Å². The summed E-state index contributed by atoms with van der Waals surface area (Å²) in [6.07, 6.45) is 3.99. The Bertz CT molecular complexity index is 519. The predicted octanol–water partition coefficient (Wildman–Crippen LogP) is 1.36. The lowest BCUT2D eigenvalue weighted by Crippen LogP contribution is -2.61. The quantitative estimate of drug-likeness (QED) is 0.795. The maximum absolute atomic E-state index is 12.1. The van der Waals surface area contributed by atoms with Crippen molar-refractivity contribution in [2.45, 2.75) is 31.3 Å². The number of aryl methyl sites for hydroxylation is 1. The number of carbonyl (C=O) groups is 2. The van der Waals surface area contributed by atoms with E-state index in [1.807, 2.05) is 30.5 Å². The third-order valence-electron chi connectivity index (χ3n) is 3.76. The van der Waals surface area contributed by atoms with Crippen LogP contribution >= 0.6 is 11.8 Å². The Kier molecular flexibility index (Phi) is 6.12. The average molecular weight is 322 g/mol. The highest BCUT2D eigenvalue weighted by atomic mass is 32.2. The van der Waals surface area contributed by atoms with E-state index in [0.717, 1.165) is 23.5 Å². The van der Waals surface area contributed by atoms with Crippen molar-refractivity contribution < 1.29 is 14.3 Å². The van der Waals surface area contributed by atoms with Crippen LogP contribution in [0.4, 0.5) is 0 Å². The molecule has 1 fully saturated rings. The third-order valence-corrected chi connectivity index (χ3v) is 4.40.